The van der Waals surface area contributed by atoms with Gasteiger partial charge < -0.3 is 9.52 Å². The third kappa shape index (κ3) is 9.81. The monoisotopic (exact) mass is 867 g/mol. The van der Waals surface area contributed by atoms with Gasteiger partial charge in [0.25, 0.3) is 0 Å². The average Bonchev–Trinajstić information content (AvgIpc) is 3.53. The molecule has 7 heteroatoms. The molecule has 0 aliphatic carbocycles. The molecule has 0 amide bonds. The van der Waals surface area contributed by atoms with Crippen LogP contribution in [0.15, 0.2) is 77.3 Å². The molecule has 0 unspecified atom stereocenters. The Hall–Kier alpha value is -3.67. The van der Waals surface area contributed by atoms with Gasteiger partial charge in [0.05, 0.1) is 0 Å². The first-order chi connectivity index (χ1) is 23.6. The molecule has 0 aliphatic heterocycles. The van der Waals surface area contributed by atoms with Gasteiger partial charge in [0, 0.05) is 66.0 Å². The zero-order valence-corrected chi connectivity index (χ0v) is 34.8. The van der Waals surface area contributed by atoms with Gasteiger partial charge in [0.15, 0.2) is 11.5 Å². The number of aromatic nitrogens is 3. The summed E-state index contributed by atoms with van der Waals surface area (Å²) in [5.41, 5.74) is 5.09. The van der Waals surface area contributed by atoms with Gasteiger partial charge in [-0.2, -0.15) is 0 Å². The van der Waals surface area contributed by atoms with E-state index in [4.69, 9.17) is 4.42 Å². The first kappa shape index (κ1) is 41.7. The molecule has 0 spiro atoms. The van der Waals surface area contributed by atoms with E-state index >= 15 is 0 Å². The second kappa shape index (κ2) is 17.2. The van der Waals surface area contributed by atoms with Crippen LogP contribution in [0.4, 0.5) is 0 Å². The van der Waals surface area contributed by atoms with Crippen LogP contribution in [0.5, 0.6) is 0 Å². The smallest absolute Gasteiger partial charge is 0.164 e. The summed E-state index contributed by atoms with van der Waals surface area (Å²) in [6, 6.07) is 20.2. The maximum absolute atomic E-state index is 12.2. The third-order valence-corrected chi connectivity index (χ3v) is 10.5. The Morgan fingerprint density at radius 2 is 1.49 bits per heavy atom. The van der Waals surface area contributed by atoms with Gasteiger partial charge in [-0.3, -0.25) is 14.8 Å². The number of aliphatic hydroxyl groups excluding tert-OH is 1. The van der Waals surface area contributed by atoms with Crippen molar-refractivity contribution in [1.29, 1.82) is 0 Å². The van der Waals surface area contributed by atoms with Crippen molar-refractivity contribution in [3.05, 3.63) is 90.2 Å². The number of ketones is 1. The van der Waals surface area contributed by atoms with E-state index in [-0.39, 0.29) is 47.9 Å². The van der Waals surface area contributed by atoms with E-state index in [1.807, 2.05) is 65.9 Å². The molecule has 1 radical (unpaired) electrons. The van der Waals surface area contributed by atoms with Crippen molar-refractivity contribution in [3.8, 4) is 22.7 Å². The number of hydrogen-bond acceptors (Lipinski definition) is 6. The average molecular weight is 867 g/mol. The molecular weight excluding hydrogens is 811 g/mol. The summed E-state index contributed by atoms with van der Waals surface area (Å²) < 4.78 is 6.17. The summed E-state index contributed by atoms with van der Waals surface area (Å²) in [7, 11) is 0. The standard InChI is InChI=1S/C29H28N3O.C15H28O2.Ir/c1-18(2)10-22-14-27-21(16-30-22)13-28(33-27)26-15-25(31-17-32-26)20-11-19-8-6-7-9-23(19)24(12-20)29(3,4)5;1-7-14(5,8-2)12(16)11-13(17)15(6,9-3)10-4;/h6-9,12-18H,10H2,1-5H3;11,16H,7-10H2,1-6H3;/q-1;;/b;12-11-;. The maximum Gasteiger partial charge on any atom is 0.164 e. The van der Waals surface area contributed by atoms with Gasteiger partial charge >= 0.3 is 0 Å². The fourth-order valence-electron chi connectivity index (χ4n) is 5.94. The van der Waals surface area contributed by atoms with Gasteiger partial charge in [-0.1, -0.05) is 105 Å². The summed E-state index contributed by atoms with van der Waals surface area (Å²) in [6.07, 6.45) is 9.16. The second-order valence-electron chi connectivity index (χ2n) is 15.5. The molecule has 5 rings (SSSR count). The zero-order chi connectivity index (χ0) is 36.9. The van der Waals surface area contributed by atoms with E-state index in [1.165, 1.54) is 17.0 Å². The molecule has 0 bridgehead atoms. The third-order valence-electron chi connectivity index (χ3n) is 10.5. The SMILES string of the molecule is CC(C)Cc1cc2oc(-c3cc(-c4[c-]c5ccccc5c(C(C)(C)C)c4)ncn3)cc2cn1.CCC(C)(CC)C(=O)/C=C(\O)C(C)(CC)CC.[Ir]. The van der Waals surface area contributed by atoms with Crippen LogP contribution in [0.1, 0.15) is 113 Å². The van der Waals surface area contributed by atoms with Crippen LogP contribution in [-0.2, 0) is 36.7 Å². The number of carbonyl (C=O) groups is 1. The number of hydrogen-bond donors (Lipinski definition) is 1. The number of fused-ring (bicyclic) bond motifs is 2. The molecule has 0 fully saturated rings. The molecule has 5 aromatic rings. The molecule has 0 saturated heterocycles. The number of furan rings is 1. The van der Waals surface area contributed by atoms with Crippen LogP contribution in [0.3, 0.4) is 0 Å². The normalized spacial score (nSPS) is 12.5. The predicted molar refractivity (Wildman–Crippen MR) is 207 cm³/mol. The Kier molecular flexibility index (Phi) is 14.1. The Labute approximate surface area is 319 Å². The summed E-state index contributed by atoms with van der Waals surface area (Å²) >= 11 is 0. The predicted octanol–water partition coefficient (Wildman–Crippen LogP) is 12.0. The summed E-state index contributed by atoms with van der Waals surface area (Å²) in [5, 5.41) is 13.4. The Balaban J connectivity index is 0.000000335. The van der Waals surface area contributed by atoms with Gasteiger partial charge in [-0.05, 0) is 55.6 Å². The van der Waals surface area contributed by atoms with Gasteiger partial charge in [0.1, 0.15) is 23.4 Å². The number of allylic oxidation sites excluding steroid dienone is 2. The molecule has 2 aromatic carbocycles. The molecule has 6 nitrogen and oxygen atoms in total. The quantitative estimate of drug-likeness (QED) is 0.0808. The van der Waals surface area contributed by atoms with Gasteiger partial charge in [-0.15, -0.1) is 29.1 Å². The topological polar surface area (TPSA) is 89.1 Å². The van der Waals surface area contributed by atoms with Crippen molar-refractivity contribution in [2.45, 2.75) is 114 Å². The molecule has 0 aliphatic rings. The van der Waals surface area contributed by atoms with E-state index in [1.54, 1.807) is 6.33 Å². The number of pyridine rings is 1. The minimum Gasteiger partial charge on any atom is -0.512 e. The molecule has 1 N–H and O–H groups in total. The summed E-state index contributed by atoms with van der Waals surface area (Å²) in [6.45, 7) is 23.2. The largest absolute Gasteiger partial charge is 0.512 e. The van der Waals surface area contributed by atoms with Crippen molar-refractivity contribution in [2.75, 3.05) is 0 Å². The number of benzene rings is 2. The van der Waals surface area contributed by atoms with Crippen molar-refractivity contribution >= 4 is 27.5 Å². The Morgan fingerprint density at radius 3 is 2.10 bits per heavy atom. The van der Waals surface area contributed by atoms with Crippen LogP contribution in [0, 0.1) is 22.8 Å². The number of rotatable bonds is 11. The van der Waals surface area contributed by atoms with E-state index in [0.29, 0.717) is 11.7 Å². The number of nitrogens with zero attached hydrogens (tertiary/aromatic N) is 3. The molecule has 275 valence electrons. The van der Waals surface area contributed by atoms with E-state index < -0.39 is 0 Å². The van der Waals surface area contributed by atoms with Crippen LogP contribution in [0.25, 0.3) is 44.5 Å². The van der Waals surface area contributed by atoms with Gasteiger partial charge in [-0.25, -0.2) is 4.98 Å². The minimum absolute atomic E-state index is 0. The van der Waals surface area contributed by atoms with E-state index in [0.717, 1.165) is 71.1 Å². The fraction of sp³-hybridized carbons (Fsp3) is 0.455. The van der Waals surface area contributed by atoms with Crippen molar-refractivity contribution in [3.63, 3.8) is 0 Å². The number of aliphatic hydroxyl groups is 1. The summed E-state index contributed by atoms with van der Waals surface area (Å²) in [5.74, 6) is 1.55. The fourth-order valence-corrected chi connectivity index (χ4v) is 5.94. The Bertz CT molecular complexity index is 1960. The molecule has 0 atom stereocenters. The summed E-state index contributed by atoms with van der Waals surface area (Å²) in [4.78, 5) is 25.8. The first-order valence-corrected chi connectivity index (χ1v) is 18.2. The zero-order valence-electron chi connectivity index (χ0n) is 32.4. The minimum atomic E-state index is -0.337. The first-order valence-electron chi connectivity index (χ1n) is 18.2. The molecule has 0 saturated carbocycles. The number of carbonyl (C=O) groups excluding carboxylic acids is 1. The van der Waals surface area contributed by atoms with Crippen LogP contribution in [-0.4, -0.2) is 25.8 Å². The molecule has 51 heavy (non-hydrogen) atoms. The molecule has 3 aromatic heterocycles. The Morgan fingerprint density at radius 1 is 0.863 bits per heavy atom. The second-order valence-corrected chi connectivity index (χ2v) is 15.5. The molecule has 3 heterocycles. The van der Waals surface area contributed by atoms with Crippen molar-refractivity contribution < 1.29 is 34.4 Å². The van der Waals surface area contributed by atoms with Crippen LogP contribution < -0.4 is 0 Å². The van der Waals surface area contributed by atoms with E-state index in [2.05, 4.69) is 86.0 Å². The van der Waals surface area contributed by atoms with Crippen LogP contribution in [0.2, 0.25) is 0 Å². The van der Waals surface area contributed by atoms with Crippen molar-refractivity contribution in [2.24, 2.45) is 16.7 Å². The van der Waals surface area contributed by atoms with Gasteiger partial charge in [0.2, 0.25) is 0 Å². The molecular formula is C44H56IrN3O3-. The van der Waals surface area contributed by atoms with Crippen molar-refractivity contribution in [1.82, 2.24) is 15.0 Å². The van der Waals surface area contributed by atoms with Crippen LogP contribution >= 0.6 is 0 Å². The maximum atomic E-state index is 12.2. The van der Waals surface area contributed by atoms with E-state index in [9.17, 15) is 9.90 Å².